The summed E-state index contributed by atoms with van der Waals surface area (Å²) < 4.78 is 6.46. The summed E-state index contributed by atoms with van der Waals surface area (Å²) in [6, 6.07) is 12.9. The molecule has 0 unspecified atom stereocenters. The average molecular weight is 447 g/mol. The van der Waals surface area contributed by atoms with Crippen molar-refractivity contribution in [2.24, 2.45) is 0 Å². The molecule has 0 aliphatic heterocycles. The second-order valence-corrected chi connectivity index (χ2v) is 7.64. The minimum absolute atomic E-state index is 0.0838. The SMILES string of the molecule is CCCCOc1ccc(C(=O)Nc2cccc(CCC(=O)N(C)C)c2)cc1Br. The van der Waals surface area contributed by atoms with E-state index in [9.17, 15) is 9.59 Å². The maximum absolute atomic E-state index is 12.6. The van der Waals surface area contributed by atoms with Crippen LogP contribution in [0.3, 0.4) is 0 Å². The molecule has 0 aliphatic rings. The minimum atomic E-state index is -0.192. The molecular formula is C22H27BrN2O3. The molecule has 6 heteroatoms. The summed E-state index contributed by atoms with van der Waals surface area (Å²) in [6.07, 6.45) is 3.14. The largest absolute Gasteiger partial charge is 0.492 e. The quantitative estimate of drug-likeness (QED) is 0.557. The molecule has 2 amide bonds. The molecule has 5 nitrogen and oxygen atoms in total. The molecule has 150 valence electrons. The monoisotopic (exact) mass is 446 g/mol. The van der Waals surface area contributed by atoms with Gasteiger partial charge in [0.25, 0.3) is 5.91 Å². The molecule has 2 rings (SSSR count). The number of amides is 2. The van der Waals surface area contributed by atoms with E-state index in [0.29, 0.717) is 30.7 Å². The topological polar surface area (TPSA) is 58.6 Å². The molecule has 0 bridgehead atoms. The van der Waals surface area contributed by atoms with Crippen molar-refractivity contribution in [3.63, 3.8) is 0 Å². The van der Waals surface area contributed by atoms with Crippen LogP contribution in [0.4, 0.5) is 5.69 Å². The van der Waals surface area contributed by atoms with Gasteiger partial charge in [0.15, 0.2) is 0 Å². The lowest BCUT2D eigenvalue weighted by Crippen LogP contribution is -2.21. The molecule has 2 aromatic carbocycles. The number of nitrogens with one attached hydrogen (secondary N) is 1. The van der Waals surface area contributed by atoms with Crippen LogP contribution in [-0.4, -0.2) is 37.4 Å². The number of aryl methyl sites for hydroxylation is 1. The third-order valence-electron chi connectivity index (χ3n) is 4.26. The number of unbranched alkanes of at least 4 members (excludes halogenated alkanes) is 1. The maximum atomic E-state index is 12.6. The smallest absolute Gasteiger partial charge is 0.255 e. The number of benzene rings is 2. The van der Waals surface area contributed by atoms with Gasteiger partial charge in [-0.15, -0.1) is 0 Å². The van der Waals surface area contributed by atoms with Crippen LogP contribution in [0, 0.1) is 0 Å². The lowest BCUT2D eigenvalue weighted by Gasteiger charge is -2.11. The van der Waals surface area contributed by atoms with Crippen LogP contribution in [-0.2, 0) is 11.2 Å². The molecule has 2 aromatic rings. The molecule has 0 radical (unpaired) electrons. The van der Waals surface area contributed by atoms with Gasteiger partial charge in [0.2, 0.25) is 5.91 Å². The third-order valence-corrected chi connectivity index (χ3v) is 4.88. The molecule has 0 spiro atoms. The maximum Gasteiger partial charge on any atom is 0.255 e. The fourth-order valence-electron chi connectivity index (χ4n) is 2.57. The Bertz CT molecular complexity index is 821. The van der Waals surface area contributed by atoms with Crippen molar-refractivity contribution >= 4 is 33.4 Å². The zero-order valence-corrected chi connectivity index (χ0v) is 18.2. The van der Waals surface area contributed by atoms with Crippen molar-refractivity contribution in [2.75, 3.05) is 26.0 Å². The number of halogens is 1. The van der Waals surface area contributed by atoms with E-state index in [-0.39, 0.29) is 11.8 Å². The summed E-state index contributed by atoms with van der Waals surface area (Å²) in [7, 11) is 3.49. The highest BCUT2D eigenvalue weighted by molar-refractivity contribution is 9.10. The predicted octanol–water partition coefficient (Wildman–Crippen LogP) is 4.90. The van der Waals surface area contributed by atoms with Crippen LogP contribution in [0.2, 0.25) is 0 Å². The Kier molecular flexibility index (Phi) is 8.51. The average Bonchev–Trinajstić information content (AvgIpc) is 2.67. The van der Waals surface area contributed by atoms with Crippen LogP contribution in [0.5, 0.6) is 5.75 Å². The first-order chi connectivity index (χ1) is 13.4. The molecule has 0 saturated carbocycles. The van der Waals surface area contributed by atoms with Gasteiger partial charge in [-0.25, -0.2) is 0 Å². The highest BCUT2D eigenvalue weighted by Crippen LogP contribution is 2.26. The van der Waals surface area contributed by atoms with Crippen LogP contribution in [0.1, 0.15) is 42.1 Å². The summed E-state index contributed by atoms with van der Waals surface area (Å²) in [5.74, 6) is 0.625. The highest BCUT2D eigenvalue weighted by atomic mass is 79.9. The summed E-state index contributed by atoms with van der Waals surface area (Å²) >= 11 is 3.47. The molecule has 1 N–H and O–H groups in total. The Hall–Kier alpha value is -2.34. The second kappa shape index (κ2) is 10.9. The van der Waals surface area contributed by atoms with E-state index in [1.165, 1.54) is 0 Å². The lowest BCUT2D eigenvalue weighted by atomic mass is 10.1. The molecule has 0 aliphatic carbocycles. The fourth-order valence-corrected chi connectivity index (χ4v) is 3.06. The Morgan fingerprint density at radius 3 is 2.61 bits per heavy atom. The number of carbonyl (C=O) groups excluding carboxylic acids is 2. The summed E-state index contributed by atoms with van der Waals surface area (Å²) in [4.78, 5) is 25.9. The molecule has 0 atom stereocenters. The normalized spacial score (nSPS) is 10.4. The zero-order valence-electron chi connectivity index (χ0n) is 16.6. The summed E-state index contributed by atoms with van der Waals surface area (Å²) in [6.45, 7) is 2.77. The van der Waals surface area contributed by atoms with Crippen molar-refractivity contribution in [1.82, 2.24) is 4.90 Å². The molecule has 0 heterocycles. The Morgan fingerprint density at radius 1 is 1.14 bits per heavy atom. The minimum Gasteiger partial charge on any atom is -0.492 e. The van der Waals surface area contributed by atoms with Crippen molar-refractivity contribution in [1.29, 1.82) is 0 Å². The number of carbonyl (C=O) groups is 2. The van der Waals surface area contributed by atoms with Crippen LogP contribution in [0.25, 0.3) is 0 Å². The predicted molar refractivity (Wildman–Crippen MR) is 116 cm³/mol. The standard InChI is InChI=1S/C22H27BrN2O3/c1-4-5-13-28-20-11-10-17(15-19(20)23)22(27)24-18-8-6-7-16(14-18)9-12-21(26)25(2)3/h6-8,10-11,14-15H,4-5,9,12-13H2,1-3H3,(H,24,27). The van der Waals surface area contributed by atoms with Gasteiger partial charge in [-0.05, 0) is 64.7 Å². The van der Waals surface area contributed by atoms with Crippen LogP contribution in [0.15, 0.2) is 46.9 Å². The van der Waals surface area contributed by atoms with E-state index in [0.717, 1.165) is 28.6 Å². The molecular weight excluding hydrogens is 420 g/mol. The summed E-state index contributed by atoms with van der Waals surface area (Å²) in [5, 5.41) is 2.91. The molecule has 0 fully saturated rings. The Morgan fingerprint density at radius 2 is 1.93 bits per heavy atom. The van der Waals surface area contributed by atoms with Crippen molar-refractivity contribution in [3.05, 3.63) is 58.1 Å². The van der Waals surface area contributed by atoms with Crippen molar-refractivity contribution < 1.29 is 14.3 Å². The first-order valence-electron chi connectivity index (χ1n) is 9.43. The zero-order chi connectivity index (χ0) is 20.5. The Labute approximate surface area is 175 Å². The van der Waals surface area contributed by atoms with E-state index in [1.54, 1.807) is 37.2 Å². The van der Waals surface area contributed by atoms with Crippen LogP contribution >= 0.6 is 15.9 Å². The van der Waals surface area contributed by atoms with Crippen LogP contribution < -0.4 is 10.1 Å². The van der Waals surface area contributed by atoms with Gasteiger partial charge in [-0.1, -0.05) is 25.5 Å². The van der Waals surface area contributed by atoms with Gasteiger partial charge in [0.05, 0.1) is 11.1 Å². The van der Waals surface area contributed by atoms with Gasteiger partial charge >= 0.3 is 0 Å². The third kappa shape index (κ3) is 6.68. The number of hydrogen-bond donors (Lipinski definition) is 1. The first kappa shape index (κ1) is 22.0. The number of hydrogen-bond acceptors (Lipinski definition) is 3. The lowest BCUT2D eigenvalue weighted by molar-refractivity contribution is -0.128. The van der Waals surface area contributed by atoms with E-state index >= 15 is 0 Å². The fraction of sp³-hybridized carbons (Fsp3) is 0.364. The van der Waals surface area contributed by atoms with E-state index < -0.39 is 0 Å². The van der Waals surface area contributed by atoms with Crippen molar-refractivity contribution in [2.45, 2.75) is 32.6 Å². The van der Waals surface area contributed by atoms with Gasteiger partial charge in [0.1, 0.15) is 5.75 Å². The molecule has 0 aromatic heterocycles. The number of rotatable bonds is 9. The number of anilines is 1. The number of nitrogens with zero attached hydrogens (tertiary/aromatic N) is 1. The van der Waals surface area contributed by atoms with Gasteiger partial charge in [-0.3, -0.25) is 9.59 Å². The van der Waals surface area contributed by atoms with Gasteiger partial charge in [-0.2, -0.15) is 0 Å². The highest BCUT2D eigenvalue weighted by Gasteiger charge is 2.11. The van der Waals surface area contributed by atoms with Gasteiger partial charge in [0, 0.05) is 31.8 Å². The number of ether oxygens (including phenoxy) is 1. The second-order valence-electron chi connectivity index (χ2n) is 6.79. The van der Waals surface area contributed by atoms with Gasteiger partial charge < -0.3 is 15.0 Å². The van der Waals surface area contributed by atoms with Crippen molar-refractivity contribution in [3.8, 4) is 5.75 Å². The first-order valence-corrected chi connectivity index (χ1v) is 10.2. The van der Waals surface area contributed by atoms with E-state index in [4.69, 9.17) is 4.74 Å². The molecule has 0 saturated heterocycles. The Balaban J connectivity index is 1.99. The van der Waals surface area contributed by atoms with E-state index in [2.05, 4.69) is 28.2 Å². The summed E-state index contributed by atoms with van der Waals surface area (Å²) in [5.41, 5.74) is 2.26. The molecule has 28 heavy (non-hydrogen) atoms. The van der Waals surface area contributed by atoms with E-state index in [1.807, 2.05) is 24.3 Å².